The average Bonchev–Trinajstić information content (AvgIpc) is 3.72. The predicted molar refractivity (Wildman–Crippen MR) is 163 cm³/mol. The van der Waals surface area contributed by atoms with Crippen molar-refractivity contribution in [3.8, 4) is 22.6 Å². The second-order valence-corrected chi connectivity index (χ2v) is 10.8. The normalized spacial score (nSPS) is 14.6. The van der Waals surface area contributed by atoms with Crippen LogP contribution in [0.3, 0.4) is 0 Å². The average molecular weight is 557 g/mol. The molecule has 3 aromatic rings. The summed E-state index contributed by atoms with van der Waals surface area (Å²) in [4.78, 5) is 30.6. The first kappa shape index (κ1) is 28.5. The van der Waals surface area contributed by atoms with Gasteiger partial charge in [-0.15, -0.1) is 0 Å². The number of nitrogens with zero attached hydrogens (tertiary/aromatic N) is 2. The first-order valence-electron chi connectivity index (χ1n) is 14.5. The molecule has 0 bridgehead atoms. The van der Waals surface area contributed by atoms with Crippen molar-refractivity contribution in [2.75, 3.05) is 50.6 Å². The smallest absolute Gasteiger partial charge is 0.255 e. The molecule has 5 rings (SSSR count). The van der Waals surface area contributed by atoms with Gasteiger partial charge in [0.1, 0.15) is 0 Å². The van der Waals surface area contributed by atoms with E-state index >= 15 is 0 Å². The van der Waals surface area contributed by atoms with Crippen molar-refractivity contribution in [3.05, 3.63) is 71.8 Å². The fourth-order valence-electron chi connectivity index (χ4n) is 5.43. The van der Waals surface area contributed by atoms with Crippen LogP contribution in [-0.4, -0.2) is 57.1 Å². The molecule has 41 heavy (non-hydrogen) atoms. The summed E-state index contributed by atoms with van der Waals surface area (Å²) in [5, 5.41) is 3.17. The number of carbonyl (C=O) groups is 2. The van der Waals surface area contributed by atoms with Crippen molar-refractivity contribution in [2.24, 2.45) is 11.7 Å². The van der Waals surface area contributed by atoms with Crippen molar-refractivity contribution in [3.63, 3.8) is 0 Å². The van der Waals surface area contributed by atoms with Crippen molar-refractivity contribution >= 4 is 23.2 Å². The van der Waals surface area contributed by atoms with Gasteiger partial charge in [0.2, 0.25) is 5.91 Å². The van der Waals surface area contributed by atoms with Crippen molar-refractivity contribution in [1.29, 1.82) is 0 Å². The van der Waals surface area contributed by atoms with E-state index in [1.165, 1.54) is 0 Å². The minimum absolute atomic E-state index is 0.172. The highest BCUT2D eigenvalue weighted by molar-refractivity contribution is 6.06. The molecule has 1 saturated carbocycles. The standard InChI is InChI=1S/C33H40N4O4/c1-40-30-14-12-27(21-31(30)41-2)32(38)35-28-20-26(11-13-29(28)36-16-3-4-17-36)25-8-5-7-23(19-25)22-37(18-6-15-34)33(39)24-9-10-24/h5,7-8,11-14,19-21,24H,3-4,6,9-10,15-18,22,34H2,1-2H3,(H,35,38). The number of amides is 2. The molecule has 1 saturated heterocycles. The Kier molecular flexibility index (Phi) is 9.09. The Hall–Kier alpha value is -4.04. The summed E-state index contributed by atoms with van der Waals surface area (Å²) in [6.45, 7) is 3.73. The maximum absolute atomic E-state index is 13.4. The number of rotatable bonds is 12. The number of nitrogens with two attached hydrogens (primary N) is 1. The van der Waals surface area contributed by atoms with Gasteiger partial charge in [0.15, 0.2) is 11.5 Å². The molecule has 1 aliphatic carbocycles. The topological polar surface area (TPSA) is 97.1 Å². The van der Waals surface area contributed by atoms with Crippen LogP contribution in [0, 0.1) is 5.92 Å². The van der Waals surface area contributed by atoms with E-state index in [0.29, 0.717) is 36.7 Å². The highest BCUT2D eigenvalue weighted by Crippen LogP contribution is 2.35. The van der Waals surface area contributed by atoms with E-state index in [1.807, 2.05) is 17.0 Å². The van der Waals surface area contributed by atoms with Gasteiger partial charge in [-0.2, -0.15) is 0 Å². The van der Waals surface area contributed by atoms with Gasteiger partial charge in [-0.05, 0) is 91.7 Å². The molecule has 2 fully saturated rings. The second kappa shape index (κ2) is 13.1. The maximum Gasteiger partial charge on any atom is 0.255 e. The summed E-state index contributed by atoms with van der Waals surface area (Å²) in [5.41, 5.74) is 11.1. The van der Waals surface area contributed by atoms with Gasteiger partial charge in [0.05, 0.1) is 25.6 Å². The third-order valence-electron chi connectivity index (χ3n) is 7.84. The summed E-state index contributed by atoms with van der Waals surface area (Å²) in [6, 6.07) is 19.7. The summed E-state index contributed by atoms with van der Waals surface area (Å²) in [6.07, 6.45) is 5.03. The third-order valence-corrected chi connectivity index (χ3v) is 7.84. The number of ether oxygens (including phenoxy) is 2. The summed E-state index contributed by atoms with van der Waals surface area (Å²) in [5.74, 6) is 1.27. The zero-order valence-corrected chi connectivity index (χ0v) is 24.0. The molecule has 0 radical (unpaired) electrons. The first-order chi connectivity index (χ1) is 20.0. The van der Waals surface area contributed by atoms with Gasteiger partial charge in [0, 0.05) is 37.7 Å². The largest absolute Gasteiger partial charge is 0.493 e. The third kappa shape index (κ3) is 6.82. The molecule has 3 aromatic carbocycles. The molecule has 0 atom stereocenters. The summed E-state index contributed by atoms with van der Waals surface area (Å²) < 4.78 is 10.7. The van der Waals surface area contributed by atoms with Crippen LogP contribution in [0.15, 0.2) is 60.7 Å². The van der Waals surface area contributed by atoms with Crippen LogP contribution in [0.1, 0.15) is 48.0 Å². The predicted octanol–water partition coefficient (Wildman–Crippen LogP) is 5.31. The van der Waals surface area contributed by atoms with Crippen LogP contribution in [-0.2, 0) is 11.3 Å². The van der Waals surface area contributed by atoms with Crippen molar-refractivity contribution in [1.82, 2.24) is 4.90 Å². The van der Waals surface area contributed by atoms with E-state index in [2.05, 4.69) is 40.5 Å². The molecule has 216 valence electrons. The Bertz CT molecular complexity index is 1380. The maximum atomic E-state index is 13.4. The van der Waals surface area contributed by atoms with E-state index in [9.17, 15) is 9.59 Å². The van der Waals surface area contributed by atoms with Crippen LogP contribution >= 0.6 is 0 Å². The van der Waals surface area contributed by atoms with Gasteiger partial charge in [-0.25, -0.2) is 0 Å². The number of hydrogen-bond donors (Lipinski definition) is 2. The first-order valence-corrected chi connectivity index (χ1v) is 14.5. The highest BCUT2D eigenvalue weighted by atomic mass is 16.5. The summed E-state index contributed by atoms with van der Waals surface area (Å²) >= 11 is 0. The number of nitrogens with one attached hydrogen (secondary N) is 1. The molecule has 8 heteroatoms. The van der Waals surface area contributed by atoms with E-state index in [4.69, 9.17) is 15.2 Å². The van der Waals surface area contributed by atoms with Gasteiger partial charge in [-0.3, -0.25) is 9.59 Å². The quantitative estimate of drug-likeness (QED) is 0.314. The van der Waals surface area contributed by atoms with E-state index in [-0.39, 0.29) is 17.7 Å². The fraction of sp³-hybridized carbons (Fsp3) is 0.394. The molecule has 1 aliphatic heterocycles. The lowest BCUT2D eigenvalue weighted by atomic mass is 10.0. The zero-order valence-electron chi connectivity index (χ0n) is 24.0. The van der Waals surface area contributed by atoms with E-state index in [0.717, 1.165) is 73.3 Å². The SMILES string of the molecule is COc1ccc(C(=O)Nc2cc(-c3cccc(CN(CCCN)C(=O)C4CC4)c3)ccc2N2CCCC2)cc1OC. The van der Waals surface area contributed by atoms with E-state index in [1.54, 1.807) is 32.4 Å². The highest BCUT2D eigenvalue weighted by Gasteiger charge is 2.33. The number of benzene rings is 3. The molecule has 2 aliphatic rings. The molecule has 3 N–H and O–H groups in total. The number of methoxy groups -OCH3 is 2. The summed E-state index contributed by atoms with van der Waals surface area (Å²) in [7, 11) is 3.13. The zero-order chi connectivity index (χ0) is 28.8. The van der Waals surface area contributed by atoms with Crippen LogP contribution < -0.4 is 25.4 Å². The Morgan fingerprint density at radius 1 is 0.951 bits per heavy atom. The van der Waals surface area contributed by atoms with Crippen LogP contribution in [0.5, 0.6) is 11.5 Å². The molecule has 0 unspecified atom stereocenters. The number of anilines is 2. The lowest BCUT2D eigenvalue weighted by Gasteiger charge is -2.24. The Morgan fingerprint density at radius 3 is 2.41 bits per heavy atom. The Labute approximate surface area is 242 Å². The molecule has 2 amide bonds. The number of hydrogen-bond acceptors (Lipinski definition) is 6. The fourth-order valence-corrected chi connectivity index (χ4v) is 5.43. The Balaban J connectivity index is 1.42. The van der Waals surface area contributed by atoms with Gasteiger partial charge in [0.25, 0.3) is 5.91 Å². The Morgan fingerprint density at radius 2 is 1.71 bits per heavy atom. The second-order valence-electron chi connectivity index (χ2n) is 10.8. The monoisotopic (exact) mass is 556 g/mol. The van der Waals surface area contributed by atoms with Gasteiger partial charge in [-0.1, -0.05) is 24.3 Å². The molecular weight excluding hydrogens is 516 g/mol. The van der Waals surface area contributed by atoms with Gasteiger partial charge >= 0.3 is 0 Å². The lowest BCUT2D eigenvalue weighted by molar-refractivity contribution is -0.133. The minimum atomic E-state index is -0.216. The van der Waals surface area contributed by atoms with Gasteiger partial charge < -0.3 is 30.3 Å². The molecule has 0 spiro atoms. The molecular formula is C33H40N4O4. The van der Waals surface area contributed by atoms with E-state index < -0.39 is 0 Å². The lowest BCUT2D eigenvalue weighted by Crippen LogP contribution is -2.33. The molecule has 1 heterocycles. The van der Waals surface area contributed by atoms with Crippen LogP contribution in [0.4, 0.5) is 11.4 Å². The van der Waals surface area contributed by atoms with Crippen molar-refractivity contribution < 1.29 is 19.1 Å². The number of carbonyl (C=O) groups excluding carboxylic acids is 2. The van der Waals surface area contributed by atoms with Crippen molar-refractivity contribution in [2.45, 2.75) is 38.6 Å². The van der Waals surface area contributed by atoms with Crippen LogP contribution in [0.25, 0.3) is 11.1 Å². The molecule has 0 aromatic heterocycles. The minimum Gasteiger partial charge on any atom is -0.493 e. The molecule has 8 nitrogen and oxygen atoms in total. The van der Waals surface area contributed by atoms with Crippen LogP contribution in [0.2, 0.25) is 0 Å².